The van der Waals surface area contributed by atoms with Gasteiger partial charge in [0, 0.05) is 18.5 Å². The Morgan fingerprint density at radius 1 is 1.24 bits per heavy atom. The van der Waals surface area contributed by atoms with E-state index < -0.39 is 0 Å². The molecule has 0 spiro atoms. The van der Waals surface area contributed by atoms with E-state index >= 15 is 0 Å². The molecule has 21 heavy (non-hydrogen) atoms. The first-order valence-corrected chi connectivity index (χ1v) is 9.57. The number of likely N-dealkylation sites (tertiary alicyclic amines) is 1. The van der Waals surface area contributed by atoms with E-state index in [0.29, 0.717) is 17.4 Å². The lowest BCUT2D eigenvalue weighted by atomic mass is 9.69. The van der Waals surface area contributed by atoms with Gasteiger partial charge in [0.05, 0.1) is 4.99 Å². The highest BCUT2D eigenvalue weighted by Gasteiger charge is 2.39. The fraction of sp³-hybridized carbons (Fsp3) is 0.947. The molecule has 4 unspecified atom stereocenters. The molecular formula is C19H35NS. The first-order valence-electron chi connectivity index (χ1n) is 9.17. The van der Waals surface area contributed by atoms with E-state index in [2.05, 4.69) is 39.5 Å². The van der Waals surface area contributed by atoms with Gasteiger partial charge in [0.2, 0.25) is 0 Å². The number of nitrogens with zero attached hydrogens (tertiary/aromatic N) is 1. The van der Waals surface area contributed by atoms with Crippen molar-refractivity contribution in [2.45, 2.75) is 85.6 Å². The van der Waals surface area contributed by atoms with E-state index in [0.717, 1.165) is 11.8 Å². The topological polar surface area (TPSA) is 3.24 Å². The molecule has 0 aromatic heterocycles. The van der Waals surface area contributed by atoms with Crippen molar-refractivity contribution in [3.05, 3.63) is 0 Å². The summed E-state index contributed by atoms with van der Waals surface area (Å²) in [6, 6.07) is 0.572. The molecule has 1 nitrogen and oxygen atoms in total. The van der Waals surface area contributed by atoms with E-state index in [1.54, 1.807) is 0 Å². The Balaban J connectivity index is 2.19. The Labute approximate surface area is 137 Å². The molecule has 1 aliphatic carbocycles. The summed E-state index contributed by atoms with van der Waals surface area (Å²) in [5, 5.41) is 0. The van der Waals surface area contributed by atoms with Gasteiger partial charge in [-0.3, -0.25) is 0 Å². The largest absolute Gasteiger partial charge is 0.363 e. The van der Waals surface area contributed by atoms with Gasteiger partial charge in [-0.1, -0.05) is 52.3 Å². The van der Waals surface area contributed by atoms with Crippen LogP contribution in [0.4, 0.5) is 0 Å². The van der Waals surface area contributed by atoms with Crippen LogP contribution >= 0.6 is 12.2 Å². The predicted molar refractivity (Wildman–Crippen MR) is 96.7 cm³/mol. The molecule has 1 saturated carbocycles. The average Bonchev–Trinajstić information content (AvgIpc) is 2.46. The SMILES string of the molecule is CCC1(C)CC(C)CCCC2C(=S)N(C(C)C)CCC2C1. The van der Waals surface area contributed by atoms with Crippen molar-refractivity contribution in [3.63, 3.8) is 0 Å². The van der Waals surface area contributed by atoms with Crippen LogP contribution in [0.15, 0.2) is 0 Å². The molecule has 1 aliphatic heterocycles. The van der Waals surface area contributed by atoms with Gasteiger partial charge in [-0.25, -0.2) is 0 Å². The van der Waals surface area contributed by atoms with Gasteiger partial charge in [-0.15, -0.1) is 0 Å². The minimum atomic E-state index is 0.530. The highest BCUT2D eigenvalue weighted by atomic mass is 32.1. The Morgan fingerprint density at radius 2 is 1.95 bits per heavy atom. The van der Waals surface area contributed by atoms with Crippen LogP contribution in [0.5, 0.6) is 0 Å². The predicted octanol–water partition coefficient (Wildman–Crippen LogP) is 5.68. The highest BCUT2D eigenvalue weighted by Crippen LogP contribution is 2.45. The molecule has 122 valence electrons. The fourth-order valence-electron chi connectivity index (χ4n) is 4.78. The zero-order valence-corrected chi connectivity index (χ0v) is 15.6. The molecular weight excluding hydrogens is 274 g/mol. The molecule has 0 bridgehead atoms. The van der Waals surface area contributed by atoms with Crippen molar-refractivity contribution in [1.29, 1.82) is 0 Å². The lowest BCUT2D eigenvalue weighted by Crippen LogP contribution is -2.48. The Hall–Kier alpha value is -0.110. The van der Waals surface area contributed by atoms with Crippen LogP contribution in [0.1, 0.15) is 79.6 Å². The van der Waals surface area contributed by atoms with E-state index in [-0.39, 0.29) is 0 Å². The maximum atomic E-state index is 5.92. The van der Waals surface area contributed by atoms with Gasteiger partial charge >= 0.3 is 0 Å². The molecule has 2 aliphatic rings. The second kappa shape index (κ2) is 6.98. The molecule has 2 heteroatoms. The van der Waals surface area contributed by atoms with Gasteiger partial charge in [0.25, 0.3) is 0 Å². The van der Waals surface area contributed by atoms with E-state index in [4.69, 9.17) is 12.2 Å². The molecule has 4 atom stereocenters. The van der Waals surface area contributed by atoms with Crippen molar-refractivity contribution in [2.24, 2.45) is 23.2 Å². The maximum Gasteiger partial charge on any atom is 0.0815 e. The maximum absolute atomic E-state index is 5.92. The third-order valence-electron chi connectivity index (χ3n) is 6.20. The quantitative estimate of drug-likeness (QED) is 0.604. The number of thiocarbonyl (C=S) groups is 1. The minimum Gasteiger partial charge on any atom is -0.363 e. The molecule has 0 aromatic rings. The normalized spacial score (nSPS) is 38.7. The Morgan fingerprint density at radius 3 is 2.57 bits per heavy atom. The molecule has 1 heterocycles. The zero-order valence-electron chi connectivity index (χ0n) is 14.8. The van der Waals surface area contributed by atoms with Crippen LogP contribution in [0, 0.1) is 23.2 Å². The van der Waals surface area contributed by atoms with E-state index in [1.807, 2.05) is 0 Å². The molecule has 2 fully saturated rings. The van der Waals surface area contributed by atoms with E-state index in [1.165, 1.54) is 56.5 Å². The number of hydrogen-bond acceptors (Lipinski definition) is 1. The fourth-order valence-corrected chi connectivity index (χ4v) is 5.39. The lowest BCUT2D eigenvalue weighted by Gasteiger charge is -2.45. The zero-order chi connectivity index (χ0) is 15.6. The number of rotatable bonds is 2. The Kier molecular flexibility index (Phi) is 5.73. The van der Waals surface area contributed by atoms with Crippen LogP contribution in [0.3, 0.4) is 0 Å². The molecule has 1 saturated heterocycles. The van der Waals surface area contributed by atoms with Gasteiger partial charge in [0.1, 0.15) is 0 Å². The van der Waals surface area contributed by atoms with Crippen LogP contribution < -0.4 is 0 Å². The van der Waals surface area contributed by atoms with Crippen molar-refractivity contribution >= 4 is 17.2 Å². The first-order chi connectivity index (χ1) is 9.86. The second-order valence-corrected chi connectivity index (χ2v) is 8.81. The third kappa shape index (κ3) is 4.00. The van der Waals surface area contributed by atoms with Gasteiger partial charge in [-0.05, 0) is 56.8 Å². The van der Waals surface area contributed by atoms with Crippen LogP contribution in [0.25, 0.3) is 0 Å². The monoisotopic (exact) mass is 309 g/mol. The molecule has 2 rings (SSSR count). The lowest BCUT2D eigenvalue weighted by molar-refractivity contribution is 0.140. The van der Waals surface area contributed by atoms with E-state index in [9.17, 15) is 0 Å². The standard InChI is InChI=1S/C19H35NS/c1-6-19(5)12-15(4)8-7-9-17-16(13-19)10-11-20(14(2)3)18(17)21/h14-17H,6-13H2,1-5H3. The highest BCUT2D eigenvalue weighted by molar-refractivity contribution is 7.80. The summed E-state index contributed by atoms with van der Waals surface area (Å²) in [7, 11) is 0. The summed E-state index contributed by atoms with van der Waals surface area (Å²) in [6.07, 6.45) is 9.57. The van der Waals surface area contributed by atoms with Crippen molar-refractivity contribution in [3.8, 4) is 0 Å². The third-order valence-corrected chi connectivity index (χ3v) is 6.73. The smallest absolute Gasteiger partial charge is 0.0815 e. The molecule has 0 amide bonds. The second-order valence-electron chi connectivity index (χ2n) is 8.39. The van der Waals surface area contributed by atoms with Crippen LogP contribution in [-0.4, -0.2) is 22.5 Å². The summed E-state index contributed by atoms with van der Waals surface area (Å²) in [6.45, 7) is 13.2. The number of fused-ring (bicyclic) bond motifs is 1. The van der Waals surface area contributed by atoms with Gasteiger partial charge in [0.15, 0.2) is 0 Å². The number of hydrogen-bond donors (Lipinski definition) is 0. The molecule has 0 N–H and O–H groups in total. The number of piperidine rings is 1. The molecule has 0 aromatic carbocycles. The molecule has 0 radical (unpaired) electrons. The summed E-state index contributed by atoms with van der Waals surface area (Å²) in [5.41, 5.74) is 0.530. The summed E-state index contributed by atoms with van der Waals surface area (Å²) in [4.78, 5) is 3.79. The van der Waals surface area contributed by atoms with Crippen molar-refractivity contribution < 1.29 is 0 Å². The van der Waals surface area contributed by atoms with Crippen LogP contribution in [-0.2, 0) is 0 Å². The summed E-state index contributed by atoms with van der Waals surface area (Å²) in [5.74, 6) is 2.39. The summed E-state index contributed by atoms with van der Waals surface area (Å²) >= 11 is 5.92. The Bertz CT molecular complexity index is 365. The van der Waals surface area contributed by atoms with Crippen molar-refractivity contribution in [2.75, 3.05) is 6.54 Å². The van der Waals surface area contributed by atoms with Gasteiger partial charge in [-0.2, -0.15) is 0 Å². The minimum absolute atomic E-state index is 0.530. The van der Waals surface area contributed by atoms with Gasteiger partial charge < -0.3 is 4.90 Å². The van der Waals surface area contributed by atoms with Crippen LogP contribution in [0.2, 0.25) is 0 Å². The van der Waals surface area contributed by atoms with Crippen molar-refractivity contribution in [1.82, 2.24) is 4.90 Å². The first kappa shape index (κ1) is 17.2. The average molecular weight is 310 g/mol. The summed E-state index contributed by atoms with van der Waals surface area (Å²) < 4.78 is 0.